The van der Waals surface area contributed by atoms with Gasteiger partial charge in [-0.15, -0.1) is 0 Å². The molecule has 8 nitrogen and oxygen atoms in total. The second kappa shape index (κ2) is 17.6. The molecule has 0 bridgehead atoms. The van der Waals surface area contributed by atoms with E-state index in [1.807, 2.05) is 20.8 Å². The SMILES string of the molecule is CCOC(=O)C1(C)CCN(c2cc(C=O)cc(C(F)(F)F)c2)CC1.CCOC(=O)C1(C)CCNCC1.O=Cc1cc(F)cc(C(F)(F)F)c1. The summed E-state index contributed by atoms with van der Waals surface area (Å²) in [7, 11) is 0. The van der Waals surface area contributed by atoms with Gasteiger partial charge in [-0.2, -0.15) is 26.3 Å². The molecule has 15 heteroatoms. The number of benzene rings is 2. The minimum Gasteiger partial charge on any atom is -0.466 e. The van der Waals surface area contributed by atoms with Crippen LogP contribution in [0.1, 0.15) is 85.2 Å². The summed E-state index contributed by atoms with van der Waals surface area (Å²) in [5, 5.41) is 3.23. The molecule has 2 aromatic rings. The molecule has 4 rings (SSSR count). The largest absolute Gasteiger partial charge is 0.466 e. The zero-order chi connectivity index (χ0) is 37.0. The van der Waals surface area contributed by atoms with Crippen molar-refractivity contribution in [2.24, 2.45) is 10.8 Å². The van der Waals surface area contributed by atoms with Crippen molar-refractivity contribution in [1.82, 2.24) is 5.32 Å². The van der Waals surface area contributed by atoms with E-state index in [0.29, 0.717) is 63.3 Å². The number of hydrogen-bond donors (Lipinski definition) is 1. The highest BCUT2D eigenvalue weighted by Gasteiger charge is 2.39. The maximum Gasteiger partial charge on any atom is 0.416 e. The van der Waals surface area contributed by atoms with E-state index >= 15 is 0 Å². The van der Waals surface area contributed by atoms with Crippen molar-refractivity contribution >= 4 is 30.2 Å². The third kappa shape index (κ3) is 12.1. The Labute approximate surface area is 280 Å². The predicted octanol–water partition coefficient (Wildman–Crippen LogP) is 7.28. The average molecular weight is 707 g/mol. The van der Waals surface area contributed by atoms with Gasteiger partial charge < -0.3 is 19.7 Å². The molecule has 2 aliphatic heterocycles. The second-order valence-electron chi connectivity index (χ2n) is 12.1. The summed E-state index contributed by atoms with van der Waals surface area (Å²) in [5.74, 6) is -1.38. The Kier molecular flexibility index (Phi) is 14.8. The van der Waals surface area contributed by atoms with E-state index in [9.17, 15) is 49.9 Å². The lowest BCUT2D eigenvalue weighted by atomic mass is 9.80. The van der Waals surface area contributed by atoms with Crippen molar-refractivity contribution in [3.05, 3.63) is 64.5 Å². The first-order valence-electron chi connectivity index (χ1n) is 15.6. The van der Waals surface area contributed by atoms with Gasteiger partial charge in [0.15, 0.2) is 0 Å². The van der Waals surface area contributed by atoms with Crippen LogP contribution >= 0.6 is 0 Å². The molecule has 272 valence electrons. The minimum atomic E-state index is -4.63. The molecule has 0 unspecified atom stereocenters. The normalized spacial score (nSPS) is 16.9. The number of alkyl halides is 6. The molecular formula is C34H41F7N2O6. The third-order valence-corrected chi connectivity index (χ3v) is 8.26. The summed E-state index contributed by atoms with van der Waals surface area (Å²) >= 11 is 0. The number of esters is 2. The Morgan fingerprint density at radius 1 is 0.735 bits per heavy atom. The summed E-state index contributed by atoms with van der Waals surface area (Å²) in [6.45, 7) is 10.9. The van der Waals surface area contributed by atoms with Crippen LogP contribution in [0.25, 0.3) is 0 Å². The molecule has 0 atom stereocenters. The smallest absolute Gasteiger partial charge is 0.416 e. The number of anilines is 1. The monoisotopic (exact) mass is 706 g/mol. The van der Waals surface area contributed by atoms with Crippen molar-refractivity contribution in [1.29, 1.82) is 0 Å². The quantitative estimate of drug-likeness (QED) is 0.182. The summed E-state index contributed by atoms with van der Waals surface area (Å²) in [5.41, 5.74) is -2.86. The molecule has 2 fully saturated rings. The first kappa shape index (κ1) is 41.2. The fraction of sp³-hybridized carbons (Fsp3) is 0.529. The van der Waals surface area contributed by atoms with Crippen LogP contribution in [0.4, 0.5) is 36.4 Å². The highest BCUT2D eigenvalue weighted by atomic mass is 19.4. The van der Waals surface area contributed by atoms with Gasteiger partial charge in [0.2, 0.25) is 0 Å². The number of aldehydes is 2. The lowest BCUT2D eigenvalue weighted by molar-refractivity contribution is -0.156. The van der Waals surface area contributed by atoms with Crippen molar-refractivity contribution in [3.8, 4) is 0 Å². The number of halogens is 7. The molecular weight excluding hydrogens is 665 g/mol. The predicted molar refractivity (Wildman–Crippen MR) is 167 cm³/mol. The lowest BCUT2D eigenvalue weighted by Crippen LogP contribution is -2.43. The van der Waals surface area contributed by atoms with E-state index in [2.05, 4.69) is 5.32 Å². The number of nitrogens with zero attached hydrogens (tertiary/aromatic N) is 1. The molecule has 2 saturated heterocycles. The number of hydrogen-bond acceptors (Lipinski definition) is 8. The standard InChI is InChI=1S/C17H20F3NO3.C9H17NO2.C8H4F4O/c1-3-24-15(23)16(2)4-6-21(7-5-16)14-9-12(11-22)8-13(10-14)17(18,19)20;1-3-12-8(11)9(2)4-6-10-7-5-9;9-7-2-5(4-13)1-6(3-7)8(10,11)12/h8-11H,3-7H2,1-2H3;10H,3-7H2,1-2H3;1-4H. The molecule has 0 aromatic heterocycles. The number of carbonyl (C=O) groups excluding carboxylic acids is 4. The third-order valence-electron chi connectivity index (χ3n) is 8.26. The fourth-order valence-electron chi connectivity index (χ4n) is 5.15. The van der Waals surface area contributed by atoms with Crippen molar-refractivity contribution in [2.45, 2.75) is 65.7 Å². The highest BCUT2D eigenvalue weighted by Crippen LogP contribution is 2.37. The molecule has 0 spiro atoms. The molecule has 2 aromatic carbocycles. The number of rotatable bonds is 7. The lowest BCUT2D eigenvalue weighted by Gasteiger charge is -2.38. The van der Waals surface area contributed by atoms with Crippen LogP contribution in [-0.2, 0) is 31.4 Å². The molecule has 2 heterocycles. The van der Waals surface area contributed by atoms with Gasteiger partial charge in [0.1, 0.15) is 18.4 Å². The molecule has 0 aliphatic carbocycles. The first-order chi connectivity index (χ1) is 22.8. The van der Waals surface area contributed by atoms with Crippen molar-refractivity contribution < 1.29 is 59.4 Å². The van der Waals surface area contributed by atoms with Crippen LogP contribution in [0.5, 0.6) is 0 Å². The van der Waals surface area contributed by atoms with Crippen LogP contribution in [0.2, 0.25) is 0 Å². The maximum absolute atomic E-state index is 13.0. The Balaban J connectivity index is 0.000000281. The van der Waals surface area contributed by atoms with Gasteiger partial charge in [-0.05, 0) is 103 Å². The van der Waals surface area contributed by atoms with E-state index < -0.39 is 34.7 Å². The highest BCUT2D eigenvalue weighted by molar-refractivity contribution is 5.79. The minimum absolute atomic E-state index is 0.0152. The van der Waals surface area contributed by atoms with E-state index in [1.165, 1.54) is 6.07 Å². The summed E-state index contributed by atoms with van der Waals surface area (Å²) in [6, 6.07) is 4.99. The van der Waals surface area contributed by atoms with Crippen molar-refractivity contribution in [2.75, 3.05) is 44.3 Å². The summed E-state index contributed by atoms with van der Waals surface area (Å²) < 4.78 is 97.5. The molecule has 49 heavy (non-hydrogen) atoms. The molecule has 0 radical (unpaired) electrons. The summed E-state index contributed by atoms with van der Waals surface area (Å²) in [6.07, 6.45) is -5.80. The van der Waals surface area contributed by atoms with Crippen LogP contribution in [0, 0.1) is 16.6 Å². The number of ether oxygens (including phenoxy) is 2. The Morgan fingerprint density at radius 3 is 1.59 bits per heavy atom. The van der Waals surface area contributed by atoms with E-state index in [1.54, 1.807) is 11.8 Å². The Morgan fingerprint density at radius 2 is 1.16 bits per heavy atom. The topological polar surface area (TPSA) is 102 Å². The van der Waals surface area contributed by atoms with Crippen LogP contribution in [0.15, 0.2) is 36.4 Å². The van der Waals surface area contributed by atoms with Crippen LogP contribution < -0.4 is 10.2 Å². The number of carbonyl (C=O) groups is 4. The Bertz CT molecular complexity index is 1430. The van der Waals surface area contributed by atoms with Crippen molar-refractivity contribution in [3.63, 3.8) is 0 Å². The van der Waals surface area contributed by atoms with Crippen LogP contribution in [0.3, 0.4) is 0 Å². The average Bonchev–Trinajstić information content (AvgIpc) is 3.05. The van der Waals surface area contributed by atoms with E-state index in [4.69, 9.17) is 9.47 Å². The van der Waals surface area contributed by atoms with Gasteiger partial charge in [-0.3, -0.25) is 19.2 Å². The zero-order valence-corrected chi connectivity index (χ0v) is 27.7. The number of nitrogens with one attached hydrogen (secondary N) is 1. The molecule has 2 aliphatic rings. The molecule has 0 amide bonds. The fourth-order valence-corrected chi connectivity index (χ4v) is 5.15. The van der Waals surface area contributed by atoms with Gasteiger partial charge >= 0.3 is 24.3 Å². The summed E-state index contributed by atoms with van der Waals surface area (Å²) in [4.78, 5) is 46.3. The first-order valence-corrected chi connectivity index (χ1v) is 15.6. The van der Waals surface area contributed by atoms with Gasteiger partial charge in [0.25, 0.3) is 0 Å². The van der Waals surface area contributed by atoms with E-state index in [-0.39, 0.29) is 34.8 Å². The zero-order valence-electron chi connectivity index (χ0n) is 27.7. The van der Waals surface area contributed by atoms with E-state index in [0.717, 1.165) is 44.1 Å². The maximum atomic E-state index is 13.0. The van der Waals surface area contributed by atoms with Gasteiger partial charge in [-0.25, -0.2) is 4.39 Å². The van der Waals surface area contributed by atoms with Crippen LogP contribution in [-0.4, -0.2) is 63.9 Å². The number of piperidine rings is 2. The Hall–Kier alpha value is -4.01. The molecule has 0 saturated carbocycles. The van der Waals surface area contributed by atoms with Gasteiger partial charge in [0, 0.05) is 29.9 Å². The second-order valence-corrected chi connectivity index (χ2v) is 12.1. The van der Waals surface area contributed by atoms with Gasteiger partial charge in [-0.1, -0.05) is 0 Å². The van der Waals surface area contributed by atoms with Gasteiger partial charge in [0.05, 0.1) is 35.2 Å². The molecule has 1 N–H and O–H groups in total.